The number of hydrogen-bond donors (Lipinski definition) is 1. The average molecular weight is 277 g/mol. The van der Waals surface area contributed by atoms with Crippen LogP contribution in [0.25, 0.3) is 0 Å². The van der Waals surface area contributed by atoms with Gasteiger partial charge in [0.1, 0.15) is 5.75 Å². The topological polar surface area (TPSA) is 41.7 Å². The van der Waals surface area contributed by atoms with Crippen LogP contribution in [0.4, 0.5) is 11.4 Å². The summed E-state index contributed by atoms with van der Waals surface area (Å²) in [6.45, 7) is 11.6. The lowest BCUT2D eigenvalue weighted by molar-refractivity contribution is 0.193. The average Bonchev–Trinajstić information content (AvgIpc) is 2.49. The van der Waals surface area contributed by atoms with Crippen molar-refractivity contribution in [1.82, 2.24) is 4.90 Å². The van der Waals surface area contributed by atoms with Gasteiger partial charge in [-0.25, -0.2) is 0 Å². The second kappa shape index (κ2) is 6.84. The molecule has 0 aliphatic carbocycles. The SMILES string of the molecule is CCOc1cc(N2CCN(C(C)CC)CC2)ccc1N. The molecule has 4 heteroatoms. The summed E-state index contributed by atoms with van der Waals surface area (Å²) < 4.78 is 5.58. The van der Waals surface area contributed by atoms with Gasteiger partial charge in [0.15, 0.2) is 0 Å². The number of anilines is 2. The van der Waals surface area contributed by atoms with E-state index in [4.69, 9.17) is 10.5 Å². The van der Waals surface area contributed by atoms with Gasteiger partial charge in [0.05, 0.1) is 12.3 Å². The van der Waals surface area contributed by atoms with Gasteiger partial charge in [-0.1, -0.05) is 6.92 Å². The van der Waals surface area contributed by atoms with E-state index in [1.54, 1.807) is 0 Å². The van der Waals surface area contributed by atoms with Crippen LogP contribution in [0.15, 0.2) is 18.2 Å². The molecule has 1 aromatic carbocycles. The predicted molar refractivity (Wildman–Crippen MR) is 85.6 cm³/mol. The minimum absolute atomic E-state index is 0.648. The van der Waals surface area contributed by atoms with Crippen LogP contribution in [0.3, 0.4) is 0 Å². The highest BCUT2D eigenvalue weighted by atomic mass is 16.5. The number of ether oxygens (including phenoxy) is 1. The second-order valence-electron chi connectivity index (χ2n) is 5.44. The fraction of sp³-hybridized carbons (Fsp3) is 0.625. The van der Waals surface area contributed by atoms with Gasteiger partial charge in [-0.2, -0.15) is 0 Å². The lowest BCUT2D eigenvalue weighted by Gasteiger charge is -2.39. The van der Waals surface area contributed by atoms with Gasteiger partial charge >= 0.3 is 0 Å². The first-order valence-corrected chi connectivity index (χ1v) is 7.67. The first-order valence-electron chi connectivity index (χ1n) is 7.67. The van der Waals surface area contributed by atoms with Crippen molar-refractivity contribution in [1.29, 1.82) is 0 Å². The van der Waals surface area contributed by atoms with Crippen LogP contribution in [0.5, 0.6) is 5.75 Å². The van der Waals surface area contributed by atoms with Gasteiger partial charge in [-0.05, 0) is 32.4 Å². The molecule has 4 nitrogen and oxygen atoms in total. The van der Waals surface area contributed by atoms with Crippen molar-refractivity contribution in [3.8, 4) is 5.75 Å². The predicted octanol–water partition coefficient (Wildman–Crippen LogP) is 2.59. The molecule has 0 spiro atoms. The Morgan fingerprint density at radius 1 is 1.20 bits per heavy atom. The number of nitrogen functional groups attached to an aromatic ring is 1. The Morgan fingerprint density at radius 2 is 1.90 bits per heavy atom. The molecule has 0 bridgehead atoms. The highest BCUT2D eigenvalue weighted by molar-refractivity contribution is 5.62. The molecule has 1 aliphatic heterocycles. The molecule has 20 heavy (non-hydrogen) atoms. The standard InChI is InChI=1S/C16H27N3O/c1-4-13(3)18-8-10-19(11-9-18)14-6-7-15(17)16(12-14)20-5-2/h6-7,12-13H,4-5,8-11,17H2,1-3H3. The molecule has 1 aromatic rings. The summed E-state index contributed by atoms with van der Waals surface area (Å²) in [4.78, 5) is 4.98. The van der Waals surface area contributed by atoms with Crippen molar-refractivity contribution in [3.63, 3.8) is 0 Å². The number of piperazine rings is 1. The van der Waals surface area contributed by atoms with Crippen molar-refractivity contribution in [2.45, 2.75) is 33.2 Å². The molecule has 112 valence electrons. The monoisotopic (exact) mass is 277 g/mol. The normalized spacial score (nSPS) is 18.1. The van der Waals surface area contributed by atoms with Crippen LogP contribution >= 0.6 is 0 Å². The zero-order valence-corrected chi connectivity index (χ0v) is 12.9. The molecule has 0 amide bonds. The Bertz CT molecular complexity index is 428. The number of hydrogen-bond acceptors (Lipinski definition) is 4. The first-order chi connectivity index (χ1) is 9.65. The lowest BCUT2D eigenvalue weighted by Crippen LogP contribution is -2.49. The van der Waals surface area contributed by atoms with Gasteiger partial charge in [0.2, 0.25) is 0 Å². The smallest absolute Gasteiger partial charge is 0.144 e. The maximum absolute atomic E-state index is 5.93. The van der Waals surface area contributed by atoms with E-state index in [0.717, 1.165) is 31.9 Å². The first kappa shape index (κ1) is 15.0. The number of rotatable bonds is 5. The van der Waals surface area contributed by atoms with Gasteiger partial charge in [-0.3, -0.25) is 4.90 Å². The highest BCUT2D eigenvalue weighted by Crippen LogP contribution is 2.28. The van der Waals surface area contributed by atoms with E-state index in [0.29, 0.717) is 18.3 Å². The fourth-order valence-corrected chi connectivity index (χ4v) is 2.68. The molecule has 0 aromatic heterocycles. The summed E-state index contributed by atoms with van der Waals surface area (Å²) in [7, 11) is 0. The molecule has 1 saturated heterocycles. The molecule has 1 aliphatic rings. The molecule has 1 fully saturated rings. The molecule has 1 unspecified atom stereocenters. The molecular formula is C16H27N3O. The largest absolute Gasteiger partial charge is 0.492 e. The maximum atomic E-state index is 5.93. The zero-order chi connectivity index (χ0) is 14.5. The van der Waals surface area contributed by atoms with Gasteiger partial charge in [0.25, 0.3) is 0 Å². The Kier molecular flexibility index (Phi) is 5.12. The van der Waals surface area contributed by atoms with E-state index >= 15 is 0 Å². The number of benzene rings is 1. The molecule has 1 heterocycles. The summed E-state index contributed by atoms with van der Waals surface area (Å²) in [6, 6.07) is 6.79. The van der Waals surface area contributed by atoms with Crippen molar-refractivity contribution in [3.05, 3.63) is 18.2 Å². The van der Waals surface area contributed by atoms with Crippen LogP contribution in [-0.2, 0) is 0 Å². The minimum atomic E-state index is 0.648. The van der Waals surface area contributed by atoms with E-state index < -0.39 is 0 Å². The van der Waals surface area contributed by atoms with Crippen molar-refractivity contribution in [2.24, 2.45) is 0 Å². The summed E-state index contributed by atoms with van der Waals surface area (Å²) in [6.07, 6.45) is 1.22. The molecule has 1 atom stereocenters. The molecule has 0 saturated carbocycles. The van der Waals surface area contributed by atoms with Gasteiger partial charge < -0.3 is 15.4 Å². The Hall–Kier alpha value is -1.42. The Morgan fingerprint density at radius 3 is 2.50 bits per heavy atom. The molecule has 2 N–H and O–H groups in total. The van der Waals surface area contributed by atoms with Crippen molar-refractivity contribution >= 4 is 11.4 Å². The van der Waals surface area contributed by atoms with Crippen LogP contribution in [-0.4, -0.2) is 43.7 Å². The Balaban J connectivity index is 2.01. The highest BCUT2D eigenvalue weighted by Gasteiger charge is 2.20. The van der Waals surface area contributed by atoms with Crippen LogP contribution in [0.1, 0.15) is 27.2 Å². The van der Waals surface area contributed by atoms with E-state index in [2.05, 4.69) is 35.8 Å². The third kappa shape index (κ3) is 3.37. The summed E-state index contributed by atoms with van der Waals surface area (Å²) in [5.74, 6) is 0.800. The van der Waals surface area contributed by atoms with Crippen molar-refractivity contribution in [2.75, 3.05) is 43.4 Å². The zero-order valence-electron chi connectivity index (χ0n) is 12.9. The quantitative estimate of drug-likeness (QED) is 0.840. The van der Waals surface area contributed by atoms with E-state index in [9.17, 15) is 0 Å². The molecule has 0 radical (unpaired) electrons. The number of nitrogens with two attached hydrogens (primary N) is 1. The van der Waals surface area contributed by atoms with Crippen LogP contribution in [0.2, 0.25) is 0 Å². The summed E-state index contributed by atoms with van der Waals surface area (Å²) in [5.41, 5.74) is 7.86. The second-order valence-corrected chi connectivity index (χ2v) is 5.44. The molecular weight excluding hydrogens is 250 g/mol. The third-order valence-electron chi connectivity index (χ3n) is 4.19. The minimum Gasteiger partial charge on any atom is -0.492 e. The van der Waals surface area contributed by atoms with E-state index in [-0.39, 0.29) is 0 Å². The number of nitrogens with zero attached hydrogens (tertiary/aromatic N) is 2. The van der Waals surface area contributed by atoms with E-state index in [1.807, 2.05) is 13.0 Å². The van der Waals surface area contributed by atoms with Crippen molar-refractivity contribution < 1.29 is 4.74 Å². The molecule has 2 rings (SSSR count). The fourth-order valence-electron chi connectivity index (χ4n) is 2.68. The Labute approximate surface area is 122 Å². The van der Waals surface area contributed by atoms with Crippen LogP contribution in [0, 0.1) is 0 Å². The van der Waals surface area contributed by atoms with Crippen LogP contribution < -0.4 is 15.4 Å². The summed E-state index contributed by atoms with van der Waals surface area (Å²) in [5, 5.41) is 0. The van der Waals surface area contributed by atoms with Gasteiger partial charge in [-0.15, -0.1) is 0 Å². The van der Waals surface area contributed by atoms with E-state index in [1.165, 1.54) is 12.1 Å². The van der Waals surface area contributed by atoms with Gasteiger partial charge in [0, 0.05) is 44.0 Å². The maximum Gasteiger partial charge on any atom is 0.144 e. The third-order valence-corrected chi connectivity index (χ3v) is 4.19. The lowest BCUT2D eigenvalue weighted by atomic mass is 10.1. The summed E-state index contributed by atoms with van der Waals surface area (Å²) >= 11 is 0.